The predicted molar refractivity (Wildman–Crippen MR) is 78.2 cm³/mol. The highest BCUT2D eigenvalue weighted by Crippen LogP contribution is 2.25. The molecule has 0 aliphatic heterocycles. The third-order valence-electron chi connectivity index (χ3n) is 3.66. The molecular weight excluding hydrogens is 279 g/mol. The second kappa shape index (κ2) is 7.80. The van der Waals surface area contributed by atoms with Crippen molar-refractivity contribution < 1.29 is 18.3 Å². The number of halogens is 3. The van der Waals surface area contributed by atoms with Crippen LogP contribution < -0.4 is 0 Å². The maximum Gasteiger partial charge on any atom is 0.401 e. The van der Waals surface area contributed by atoms with Crippen LogP contribution in [0, 0.1) is 0 Å². The van der Waals surface area contributed by atoms with E-state index in [0.29, 0.717) is 18.5 Å². The van der Waals surface area contributed by atoms with Crippen LogP contribution in [-0.2, 0) is 6.42 Å². The molecule has 1 rings (SSSR count). The van der Waals surface area contributed by atoms with E-state index in [1.54, 1.807) is 19.1 Å². The lowest BCUT2D eigenvalue weighted by Crippen LogP contribution is -2.43. The summed E-state index contributed by atoms with van der Waals surface area (Å²) in [7, 11) is 0. The fraction of sp³-hybridized carbons (Fsp3) is 0.625. The van der Waals surface area contributed by atoms with Gasteiger partial charge in [0, 0.05) is 6.04 Å². The van der Waals surface area contributed by atoms with Crippen molar-refractivity contribution in [2.24, 2.45) is 0 Å². The summed E-state index contributed by atoms with van der Waals surface area (Å²) in [5, 5.41) is 10.3. The molecule has 0 amide bonds. The van der Waals surface area contributed by atoms with Crippen LogP contribution in [0.1, 0.15) is 44.4 Å². The van der Waals surface area contributed by atoms with Crippen molar-refractivity contribution in [3.8, 4) is 0 Å². The van der Waals surface area contributed by atoms with Crippen LogP contribution in [0.15, 0.2) is 24.3 Å². The number of aryl methyl sites for hydroxylation is 1. The lowest BCUT2D eigenvalue weighted by Gasteiger charge is -2.33. The van der Waals surface area contributed by atoms with Crippen molar-refractivity contribution in [2.45, 2.75) is 51.9 Å². The molecule has 0 radical (unpaired) electrons. The number of hydrogen-bond donors (Lipinski definition) is 1. The number of rotatable bonds is 7. The minimum absolute atomic E-state index is 0.310. The quantitative estimate of drug-likeness (QED) is 0.824. The SMILES string of the molecule is CCCN(CC(F)(F)F)C(C)C(O)c1ccc(CC)cc1. The molecule has 0 aromatic heterocycles. The Bertz CT molecular complexity index is 417. The Balaban J connectivity index is 2.82. The van der Waals surface area contributed by atoms with E-state index < -0.39 is 24.9 Å². The topological polar surface area (TPSA) is 23.5 Å². The number of aliphatic hydroxyl groups excluding tert-OH is 1. The van der Waals surface area contributed by atoms with Gasteiger partial charge in [-0.25, -0.2) is 0 Å². The van der Waals surface area contributed by atoms with Gasteiger partial charge < -0.3 is 5.11 Å². The molecule has 2 unspecified atom stereocenters. The number of aliphatic hydroxyl groups is 1. The van der Waals surface area contributed by atoms with Crippen molar-refractivity contribution in [3.05, 3.63) is 35.4 Å². The van der Waals surface area contributed by atoms with Gasteiger partial charge in [0.05, 0.1) is 12.6 Å². The molecule has 0 saturated carbocycles. The van der Waals surface area contributed by atoms with Crippen LogP contribution in [0.25, 0.3) is 0 Å². The minimum atomic E-state index is -4.25. The smallest absolute Gasteiger partial charge is 0.387 e. The van der Waals surface area contributed by atoms with Crippen LogP contribution in [0.2, 0.25) is 0 Å². The zero-order valence-corrected chi connectivity index (χ0v) is 12.8. The Morgan fingerprint density at radius 3 is 2.14 bits per heavy atom. The van der Waals surface area contributed by atoms with Gasteiger partial charge in [0.25, 0.3) is 0 Å². The summed E-state index contributed by atoms with van der Waals surface area (Å²) in [6.45, 7) is 4.82. The molecule has 5 heteroatoms. The van der Waals surface area contributed by atoms with Gasteiger partial charge in [-0.15, -0.1) is 0 Å². The van der Waals surface area contributed by atoms with E-state index in [1.807, 2.05) is 26.0 Å². The Labute approximate surface area is 124 Å². The van der Waals surface area contributed by atoms with E-state index >= 15 is 0 Å². The molecule has 0 bridgehead atoms. The summed E-state index contributed by atoms with van der Waals surface area (Å²) in [4.78, 5) is 1.29. The Morgan fingerprint density at radius 2 is 1.71 bits per heavy atom. The highest BCUT2D eigenvalue weighted by atomic mass is 19.4. The fourth-order valence-electron chi connectivity index (χ4n) is 2.37. The largest absolute Gasteiger partial charge is 0.401 e. The molecule has 0 aliphatic rings. The molecule has 0 saturated heterocycles. The summed E-state index contributed by atoms with van der Waals surface area (Å²) in [5.74, 6) is 0. The van der Waals surface area contributed by atoms with Crippen LogP contribution >= 0.6 is 0 Å². The zero-order chi connectivity index (χ0) is 16.0. The molecule has 2 nitrogen and oxygen atoms in total. The second-order valence-corrected chi connectivity index (χ2v) is 5.37. The third kappa shape index (κ3) is 5.67. The Kier molecular flexibility index (Phi) is 6.68. The van der Waals surface area contributed by atoms with Crippen molar-refractivity contribution >= 4 is 0 Å². The van der Waals surface area contributed by atoms with Crippen LogP contribution in [0.5, 0.6) is 0 Å². The molecule has 0 fully saturated rings. The second-order valence-electron chi connectivity index (χ2n) is 5.37. The number of alkyl halides is 3. The van der Waals surface area contributed by atoms with Gasteiger partial charge in [0.2, 0.25) is 0 Å². The van der Waals surface area contributed by atoms with Gasteiger partial charge in [-0.2, -0.15) is 13.2 Å². The lowest BCUT2D eigenvalue weighted by atomic mass is 10.00. The number of hydrogen-bond acceptors (Lipinski definition) is 2. The highest BCUT2D eigenvalue weighted by molar-refractivity contribution is 5.25. The first-order valence-corrected chi connectivity index (χ1v) is 7.36. The maximum absolute atomic E-state index is 12.6. The first-order valence-electron chi connectivity index (χ1n) is 7.36. The van der Waals surface area contributed by atoms with Crippen molar-refractivity contribution in [1.82, 2.24) is 4.90 Å². The Morgan fingerprint density at radius 1 is 1.14 bits per heavy atom. The van der Waals surface area contributed by atoms with Crippen LogP contribution in [0.3, 0.4) is 0 Å². The van der Waals surface area contributed by atoms with E-state index in [0.717, 1.165) is 12.0 Å². The molecule has 0 heterocycles. The summed E-state index contributed by atoms with van der Waals surface area (Å²) >= 11 is 0. The summed E-state index contributed by atoms with van der Waals surface area (Å²) in [6, 6.07) is 6.80. The minimum Gasteiger partial charge on any atom is -0.387 e. The van der Waals surface area contributed by atoms with Gasteiger partial charge in [-0.1, -0.05) is 38.1 Å². The van der Waals surface area contributed by atoms with Crippen LogP contribution in [-0.4, -0.2) is 35.3 Å². The molecule has 2 atom stereocenters. The summed E-state index contributed by atoms with van der Waals surface area (Å²) in [6.07, 6.45) is -3.68. The molecule has 120 valence electrons. The lowest BCUT2D eigenvalue weighted by molar-refractivity contribution is -0.154. The number of nitrogens with zero attached hydrogens (tertiary/aromatic N) is 1. The first kappa shape index (κ1) is 18.0. The van der Waals surface area contributed by atoms with Gasteiger partial charge in [-0.3, -0.25) is 4.90 Å². The zero-order valence-electron chi connectivity index (χ0n) is 12.8. The van der Waals surface area contributed by atoms with Gasteiger partial charge >= 0.3 is 6.18 Å². The normalized spacial score (nSPS) is 15.2. The average molecular weight is 303 g/mol. The molecule has 1 aromatic carbocycles. The van der Waals surface area contributed by atoms with E-state index in [1.165, 1.54) is 4.90 Å². The van der Waals surface area contributed by atoms with Crippen molar-refractivity contribution in [2.75, 3.05) is 13.1 Å². The molecule has 0 aliphatic carbocycles. The fourth-order valence-corrected chi connectivity index (χ4v) is 2.37. The molecule has 21 heavy (non-hydrogen) atoms. The standard InChI is InChI=1S/C16H24F3NO/c1-4-10-20(11-16(17,18)19)12(3)15(21)14-8-6-13(5-2)7-9-14/h6-9,12,15,21H,4-5,10-11H2,1-3H3. The van der Waals surface area contributed by atoms with Crippen molar-refractivity contribution in [1.29, 1.82) is 0 Å². The van der Waals surface area contributed by atoms with E-state index in [-0.39, 0.29) is 0 Å². The van der Waals surface area contributed by atoms with Crippen LogP contribution in [0.4, 0.5) is 13.2 Å². The van der Waals surface area contributed by atoms with Gasteiger partial charge in [0.15, 0.2) is 0 Å². The van der Waals surface area contributed by atoms with E-state index in [2.05, 4.69) is 0 Å². The molecular formula is C16H24F3NO. The van der Waals surface area contributed by atoms with Crippen molar-refractivity contribution in [3.63, 3.8) is 0 Å². The third-order valence-corrected chi connectivity index (χ3v) is 3.66. The highest BCUT2D eigenvalue weighted by Gasteiger charge is 2.34. The molecule has 0 spiro atoms. The summed E-state index contributed by atoms with van der Waals surface area (Å²) < 4.78 is 37.9. The van der Waals surface area contributed by atoms with E-state index in [9.17, 15) is 18.3 Å². The first-order chi connectivity index (χ1) is 9.78. The number of benzene rings is 1. The predicted octanol–water partition coefficient (Wildman–Crippen LogP) is 3.95. The maximum atomic E-state index is 12.6. The molecule has 1 aromatic rings. The monoisotopic (exact) mass is 303 g/mol. The van der Waals surface area contributed by atoms with Gasteiger partial charge in [0.1, 0.15) is 0 Å². The average Bonchev–Trinajstić information content (AvgIpc) is 2.44. The molecule has 1 N–H and O–H groups in total. The summed E-state index contributed by atoms with van der Waals surface area (Å²) in [5.41, 5.74) is 1.79. The van der Waals surface area contributed by atoms with Gasteiger partial charge in [-0.05, 0) is 37.4 Å². The Hall–Kier alpha value is -1.07. The van der Waals surface area contributed by atoms with E-state index in [4.69, 9.17) is 0 Å².